The normalized spacial score (nSPS) is 23.5. The molecule has 6 heteroatoms. The Balaban J connectivity index is 2.22. The van der Waals surface area contributed by atoms with Gasteiger partial charge in [0.05, 0.1) is 10.1 Å². The molecule has 1 aliphatic heterocycles. The SMILES string of the molecule is CCNc1ncc(Br)c(N2CCCC(C)(OC)C2)n1. The van der Waals surface area contributed by atoms with Gasteiger partial charge in [0.15, 0.2) is 0 Å². The number of nitrogens with zero attached hydrogens (tertiary/aromatic N) is 3. The summed E-state index contributed by atoms with van der Waals surface area (Å²) in [7, 11) is 1.78. The lowest BCUT2D eigenvalue weighted by molar-refractivity contribution is -0.00484. The minimum Gasteiger partial charge on any atom is -0.377 e. The van der Waals surface area contributed by atoms with Gasteiger partial charge in [0.1, 0.15) is 5.82 Å². The minimum absolute atomic E-state index is 0.0962. The molecule has 0 spiro atoms. The number of rotatable bonds is 4. The van der Waals surface area contributed by atoms with E-state index in [4.69, 9.17) is 4.74 Å². The van der Waals surface area contributed by atoms with Gasteiger partial charge in [-0.05, 0) is 42.6 Å². The maximum Gasteiger partial charge on any atom is 0.224 e. The van der Waals surface area contributed by atoms with E-state index in [1.165, 1.54) is 0 Å². The van der Waals surface area contributed by atoms with Gasteiger partial charge in [0.25, 0.3) is 0 Å². The van der Waals surface area contributed by atoms with Gasteiger partial charge in [-0.25, -0.2) is 4.98 Å². The topological polar surface area (TPSA) is 50.3 Å². The van der Waals surface area contributed by atoms with Crippen LogP contribution in [-0.2, 0) is 4.74 Å². The number of aromatic nitrogens is 2. The molecule has 106 valence electrons. The van der Waals surface area contributed by atoms with Crippen molar-refractivity contribution in [2.45, 2.75) is 32.3 Å². The fourth-order valence-corrected chi connectivity index (χ4v) is 2.82. The zero-order valence-electron chi connectivity index (χ0n) is 11.7. The van der Waals surface area contributed by atoms with Crippen LogP contribution in [0.15, 0.2) is 10.7 Å². The van der Waals surface area contributed by atoms with Gasteiger partial charge in [-0.3, -0.25) is 0 Å². The number of halogens is 1. The summed E-state index contributed by atoms with van der Waals surface area (Å²) in [5.41, 5.74) is -0.0962. The number of hydrogen-bond donors (Lipinski definition) is 1. The number of nitrogens with one attached hydrogen (secondary N) is 1. The third-order valence-electron chi connectivity index (χ3n) is 3.51. The largest absolute Gasteiger partial charge is 0.377 e. The number of piperidine rings is 1. The van der Waals surface area contributed by atoms with Crippen LogP contribution in [0.5, 0.6) is 0 Å². The van der Waals surface area contributed by atoms with Crippen LogP contribution in [0.1, 0.15) is 26.7 Å². The monoisotopic (exact) mass is 328 g/mol. The van der Waals surface area contributed by atoms with Crippen molar-refractivity contribution in [1.29, 1.82) is 0 Å². The quantitative estimate of drug-likeness (QED) is 0.920. The van der Waals surface area contributed by atoms with Crippen LogP contribution in [0.4, 0.5) is 11.8 Å². The summed E-state index contributed by atoms with van der Waals surface area (Å²) in [4.78, 5) is 11.1. The van der Waals surface area contributed by atoms with Crippen LogP contribution >= 0.6 is 15.9 Å². The molecule has 0 amide bonds. The fraction of sp³-hybridized carbons (Fsp3) is 0.692. The van der Waals surface area contributed by atoms with Crippen molar-refractivity contribution in [1.82, 2.24) is 9.97 Å². The lowest BCUT2D eigenvalue weighted by Gasteiger charge is -2.40. The van der Waals surface area contributed by atoms with Crippen molar-refractivity contribution >= 4 is 27.7 Å². The maximum atomic E-state index is 5.63. The van der Waals surface area contributed by atoms with E-state index in [0.29, 0.717) is 5.95 Å². The summed E-state index contributed by atoms with van der Waals surface area (Å²) in [5.74, 6) is 1.61. The van der Waals surface area contributed by atoms with E-state index in [2.05, 4.69) is 43.0 Å². The molecule has 1 aromatic heterocycles. The van der Waals surface area contributed by atoms with Crippen molar-refractivity contribution in [3.05, 3.63) is 10.7 Å². The smallest absolute Gasteiger partial charge is 0.224 e. The Labute approximate surface area is 122 Å². The first-order valence-corrected chi connectivity index (χ1v) is 7.44. The second-order valence-electron chi connectivity index (χ2n) is 5.07. The van der Waals surface area contributed by atoms with Gasteiger partial charge in [-0.1, -0.05) is 0 Å². The standard InChI is InChI=1S/C13H21BrN4O/c1-4-15-12-16-8-10(14)11(17-12)18-7-5-6-13(2,9-18)19-3/h8H,4-7,9H2,1-3H3,(H,15,16,17). The van der Waals surface area contributed by atoms with Crippen LogP contribution < -0.4 is 10.2 Å². The number of hydrogen-bond acceptors (Lipinski definition) is 5. The van der Waals surface area contributed by atoms with Gasteiger partial charge < -0.3 is 15.0 Å². The average Bonchev–Trinajstić information content (AvgIpc) is 2.41. The Hall–Kier alpha value is -0.880. The molecule has 2 rings (SSSR count). The van der Waals surface area contributed by atoms with Gasteiger partial charge in [-0.15, -0.1) is 0 Å². The lowest BCUT2D eigenvalue weighted by atomic mass is 9.95. The van der Waals surface area contributed by atoms with E-state index in [1.54, 1.807) is 13.3 Å². The van der Waals surface area contributed by atoms with Crippen molar-refractivity contribution in [2.24, 2.45) is 0 Å². The van der Waals surface area contributed by atoms with E-state index in [9.17, 15) is 0 Å². The van der Waals surface area contributed by atoms with Crippen LogP contribution in [0, 0.1) is 0 Å². The molecule has 1 saturated heterocycles. The molecule has 0 aromatic carbocycles. The molecule has 0 radical (unpaired) electrons. The summed E-state index contributed by atoms with van der Waals surface area (Å²) in [6, 6.07) is 0. The molecule has 2 heterocycles. The predicted molar refractivity (Wildman–Crippen MR) is 80.8 cm³/mol. The first-order valence-electron chi connectivity index (χ1n) is 6.64. The van der Waals surface area contributed by atoms with E-state index in [-0.39, 0.29) is 5.60 Å². The third kappa shape index (κ3) is 3.36. The molecule has 0 saturated carbocycles. The van der Waals surface area contributed by atoms with Crippen LogP contribution in [0.25, 0.3) is 0 Å². The fourth-order valence-electron chi connectivity index (χ4n) is 2.38. The number of anilines is 2. The lowest BCUT2D eigenvalue weighted by Crippen LogP contribution is -2.47. The van der Waals surface area contributed by atoms with Crippen LogP contribution in [0.2, 0.25) is 0 Å². The van der Waals surface area contributed by atoms with Crippen LogP contribution in [-0.4, -0.2) is 42.3 Å². The second kappa shape index (κ2) is 6.05. The second-order valence-corrected chi connectivity index (χ2v) is 5.93. The van der Waals surface area contributed by atoms with Crippen LogP contribution in [0.3, 0.4) is 0 Å². The number of ether oxygens (including phenoxy) is 1. The highest BCUT2D eigenvalue weighted by Crippen LogP contribution is 2.31. The number of methoxy groups -OCH3 is 1. The molecule has 0 bridgehead atoms. The molecular formula is C13H21BrN4O. The van der Waals surface area contributed by atoms with Crippen molar-refractivity contribution < 1.29 is 4.74 Å². The zero-order valence-corrected chi connectivity index (χ0v) is 13.3. The van der Waals surface area contributed by atoms with Crippen molar-refractivity contribution in [3.63, 3.8) is 0 Å². The molecule has 1 N–H and O–H groups in total. The molecule has 1 aliphatic rings. The van der Waals surface area contributed by atoms with E-state index in [1.807, 2.05) is 6.92 Å². The van der Waals surface area contributed by atoms with E-state index in [0.717, 1.165) is 42.8 Å². The van der Waals surface area contributed by atoms with Gasteiger partial charge >= 0.3 is 0 Å². The van der Waals surface area contributed by atoms with Gasteiger partial charge in [0, 0.05) is 32.9 Å². The molecule has 0 aliphatic carbocycles. The summed E-state index contributed by atoms with van der Waals surface area (Å²) >= 11 is 3.54. The van der Waals surface area contributed by atoms with E-state index < -0.39 is 0 Å². The molecule has 19 heavy (non-hydrogen) atoms. The minimum atomic E-state index is -0.0962. The van der Waals surface area contributed by atoms with Gasteiger partial charge in [-0.2, -0.15) is 4.98 Å². The third-order valence-corrected chi connectivity index (χ3v) is 4.07. The Morgan fingerprint density at radius 2 is 2.37 bits per heavy atom. The highest BCUT2D eigenvalue weighted by molar-refractivity contribution is 9.10. The van der Waals surface area contributed by atoms with Crippen molar-refractivity contribution in [2.75, 3.05) is 37.0 Å². The Kier molecular flexibility index (Phi) is 4.62. The first kappa shape index (κ1) is 14.5. The summed E-state index contributed by atoms with van der Waals surface area (Å²) in [5, 5.41) is 3.15. The molecular weight excluding hydrogens is 308 g/mol. The Morgan fingerprint density at radius 1 is 1.58 bits per heavy atom. The molecule has 1 atom stereocenters. The highest BCUT2D eigenvalue weighted by atomic mass is 79.9. The molecule has 1 fully saturated rings. The maximum absolute atomic E-state index is 5.63. The predicted octanol–water partition coefficient (Wildman–Crippen LogP) is 2.68. The van der Waals surface area contributed by atoms with Crippen molar-refractivity contribution in [3.8, 4) is 0 Å². The first-order chi connectivity index (χ1) is 9.08. The van der Waals surface area contributed by atoms with E-state index >= 15 is 0 Å². The summed E-state index contributed by atoms with van der Waals surface area (Å²) in [6.45, 7) is 6.86. The Morgan fingerprint density at radius 3 is 3.05 bits per heavy atom. The molecule has 1 aromatic rings. The molecule has 1 unspecified atom stereocenters. The summed E-state index contributed by atoms with van der Waals surface area (Å²) < 4.78 is 6.56. The summed E-state index contributed by atoms with van der Waals surface area (Å²) in [6.07, 6.45) is 4.00. The Bertz CT molecular complexity index is 443. The average molecular weight is 329 g/mol. The highest BCUT2D eigenvalue weighted by Gasteiger charge is 2.32. The van der Waals surface area contributed by atoms with Gasteiger partial charge in [0.2, 0.25) is 5.95 Å². The molecule has 5 nitrogen and oxygen atoms in total. The zero-order chi connectivity index (χ0) is 13.9.